The SMILES string of the molecule is COC(=O)Nc1ccc(C)c(C2CCN(CCc3ccc(Sc4ccc(F)c(F)c4)cc3)CC2)c1. The van der Waals surface area contributed by atoms with Crippen LogP contribution in [0.3, 0.4) is 0 Å². The van der Waals surface area contributed by atoms with Crippen molar-refractivity contribution in [1.29, 1.82) is 0 Å². The van der Waals surface area contributed by atoms with E-state index in [-0.39, 0.29) is 0 Å². The minimum Gasteiger partial charge on any atom is -0.453 e. The number of piperidine rings is 1. The van der Waals surface area contributed by atoms with Crippen molar-refractivity contribution in [1.82, 2.24) is 4.90 Å². The lowest BCUT2D eigenvalue weighted by atomic mass is 9.86. The van der Waals surface area contributed by atoms with Crippen molar-refractivity contribution in [2.75, 3.05) is 32.1 Å². The number of aryl methyl sites for hydroxylation is 1. The molecular formula is C28H30F2N2O2S. The van der Waals surface area contributed by atoms with Crippen molar-refractivity contribution in [3.63, 3.8) is 0 Å². The summed E-state index contributed by atoms with van der Waals surface area (Å²) in [6, 6.07) is 18.3. The number of anilines is 1. The number of halogens is 2. The van der Waals surface area contributed by atoms with Crippen molar-refractivity contribution in [3.8, 4) is 0 Å². The summed E-state index contributed by atoms with van der Waals surface area (Å²) in [6.45, 7) is 5.22. The van der Waals surface area contributed by atoms with Crippen molar-refractivity contribution < 1.29 is 18.3 Å². The molecule has 1 fully saturated rings. The summed E-state index contributed by atoms with van der Waals surface area (Å²) in [5, 5.41) is 2.76. The Morgan fingerprint density at radius 3 is 2.40 bits per heavy atom. The fraction of sp³-hybridized carbons (Fsp3) is 0.321. The Kier molecular flexibility index (Phi) is 8.42. The highest BCUT2D eigenvalue weighted by Gasteiger charge is 2.22. The third kappa shape index (κ3) is 6.83. The smallest absolute Gasteiger partial charge is 0.411 e. The van der Waals surface area contributed by atoms with E-state index in [1.807, 2.05) is 18.2 Å². The Bertz CT molecular complexity index is 1160. The molecule has 1 amide bonds. The molecule has 35 heavy (non-hydrogen) atoms. The summed E-state index contributed by atoms with van der Waals surface area (Å²) in [7, 11) is 1.36. The molecule has 1 N–H and O–H groups in total. The number of carbonyl (C=O) groups is 1. The zero-order chi connectivity index (χ0) is 24.8. The first-order valence-corrected chi connectivity index (χ1v) is 12.6. The molecule has 4 nitrogen and oxygen atoms in total. The van der Waals surface area contributed by atoms with Gasteiger partial charge in [-0.25, -0.2) is 13.6 Å². The predicted molar refractivity (Wildman–Crippen MR) is 136 cm³/mol. The maximum atomic E-state index is 13.4. The summed E-state index contributed by atoms with van der Waals surface area (Å²) < 4.78 is 31.2. The average Bonchev–Trinajstić information content (AvgIpc) is 2.87. The molecule has 4 rings (SSSR count). The predicted octanol–water partition coefficient (Wildman–Crippen LogP) is 7.02. The van der Waals surface area contributed by atoms with Crippen LogP contribution >= 0.6 is 11.8 Å². The summed E-state index contributed by atoms with van der Waals surface area (Å²) >= 11 is 1.42. The van der Waals surface area contributed by atoms with Gasteiger partial charge in [-0.1, -0.05) is 30.0 Å². The zero-order valence-corrected chi connectivity index (χ0v) is 20.8. The van der Waals surface area contributed by atoms with Crippen LogP contribution in [-0.4, -0.2) is 37.7 Å². The van der Waals surface area contributed by atoms with E-state index in [1.54, 1.807) is 6.07 Å². The molecular weight excluding hydrogens is 466 g/mol. The quantitative estimate of drug-likeness (QED) is 0.381. The van der Waals surface area contributed by atoms with Crippen LogP contribution in [0.1, 0.15) is 35.4 Å². The first-order valence-electron chi connectivity index (χ1n) is 11.8. The van der Waals surface area contributed by atoms with Gasteiger partial charge >= 0.3 is 6.09 Å². The highest BCUT2D eigenvalue weighted by atomic mass is 32.2. The van der Waals surface area contributed by atoms with E-state index >= 15 is 0 Å². The molecule has 3 aromatic carbocycles. The first kappa shape index (κ1) is 25.2. The van der Waals surface area contributed by atoms with Gasteiger partial charge in [-0.15, -0.1) is 0 Å². The Balaban J connectivity index is 1.26. The largest absolute Gasteiger partial charge is 0.453 e. The second kappa shape index (κ2) is 11.7. The standard InChI is InChI=1S/C28H30F2N2O2S/c1-19-3-6-22(31-28(33)34-2)17-25(19)21-12-15-32(16-13-21)14-11-20-4-7-23(8-5-20)35-24-9-10-26(29)27(30)18-24/h3-10,17-18,21H,11-16H2,1-2H3,(H,31,33). The van der Waals surface area contributed by atoms with Crippen LogP contribution in [0.25, 0.3) is 0 Å². The molecule has 1 heterocycles. The molecule has 0 atom stereocenters. The summed E-state index contributed by atoms with van der Waals surface area (Å²) in [4.78, 5) is 15.7. The van der Waals surface area contributed by atoms with Crippen molar-refractivity contribution >= 4 is 23.5 Å². The van der Waals surface area contributed by atoms with Crippen LogP contribution in [0.5, 0.6) is 0 Å². The van der Waals surface area contributed by atoms with Gasteiger partial charge in [-0.05, 0) is 104 Å². The van der Waals surface area contributed by atoms with Crippen LogP contribution in [0.15, 0.2) is 70.5 Å². The van der Waals surface area contributed by atoms with Gasteiger partial charge in [-0.3, -0.25) is 5.32 Å². The zero-order valence-electron chi connectivity index (χ0n) is 20.0. The molecule has 3 aromatic rings. The van der Waals surface area contributed by atoms with E-state index < -0.39 is 17.7 Å². The van der Waals surface area contributed by atoms with Gasteiger partial charge in [0.2, 0.25) is 0 Å². The minimum absolute atomic E-state index is 0.453. The number of nitrogens with one attached hydrogen (secondary N) is 1. The van der Waals surface area contributed by atoms with Gasteiger partial charge in [0, 0.05) is 22.0 Å². The maximum absolute atomic E-state index is 13.4. The van der Waals surface area contributed by atoms with E-state index in [2.05, 4.69) is 41.4 Å². The topological polar surface area (TPSA) is 41.6 Å². The molecule has 7 heteroatoms. The lowest BCUT2D eigenvalue weighted by Crippen LogP contribution is -2.34. The van der Waals surface area contributed by atoms with Crippen LogP contribution in [0, 0.1) is 18.6 Å². The third-order valence-electron chi connectivity index (χ3n) is 6.51. The number of likely N-dealkylation sites (tertiary alicyclic amines) is 1. The van der Waals surface area contributed by atoms with Gasteiger partial charge in [-0.2, -0.15) is 0 Å². The molecule has 184 valence electrons. The number of ether oxygens (including phenoxy) is 1. The molecule has 1 aliphatic rings. The van der Waals surface area contributed by atoms with Crippen LogP contribution < -0.4 is 5.32 Å². The van der Waals surface area contributed by atoms with E-state index in [0.29, 0.717) is 10.8 Å². The molecule has 0 spiro atoms. The summed E-state index contributed by atoms with van der Waals surface area (Å²) in [5.41, 5.74) is 4.58. The summed E-state index contributed by atoms with van der Waals surface area (Å²) in [6.07, 6.45) is 2.70. The second-order valence-electron chi connectivity index (χ2n) is 8.88. The number of carbonyl (C=O) groups excluding carboxylic acids is 1. The van der Waals surface area contributed by atoms with Crippen LogP contribution in [0.4, 0.5) is 19.3 Å². The highest BCUT2D eigenvalue weighted by molar-refractivity contribution is 7.99. The maximum Gasteiger partial charge on any atom is 0.411 e. The molecule has 0 unspecified atom stereocenters. The normalized spacial score (nSPS) is 14.6. The molecule has 0 aromatic heterocycles. The highest BCUT2D eigenvalue weighted by Crippen LogP contribution is 2.32. The molecule has 1 saturated heterocycles. The van der Waals surface area contributed by atoms with Gasteiger partial charge in [0.15, 0.2) is 11.6 Å². The summed E-state index contributed by atoms with van der Waals surface area (Å²) in [5.74, 6) is -1.16. The fourth-order valence-electron chi connectivity index (χ4n) is 4.48. The molecule has 0 saturated carbocycles. The van der Waals surface area contributed by atoms with Crippen LogP contribution in [-0.2, 0) is 11.2 Å². The van der Waals surface area contributed by atoms with Gasteiger partial charge in [0.25, 0.3) is 0 Å². The van der Waals surface area contributed by atoms with Crippen LogP contribution in [0.2, 0.25) is 0 Å². The van der Waals surface area contributed by atoms with Gasteiger partial charge in [0.05, 0.1) is 7.11 Å². The number of methoxy groups -OCH3 is 1. The Hall–Kier alpha value is -2.90. The van der Waals surface area contributed by atoms with E-state index in [4.69, 9.17) is 4.74 Å². The van der Waals surface area contributed by atoms with Gasteiger partial charge < -0.3 is 9.64 Å². The van der Waals surface area contributed by atoms with Gasteiger partial charge in [0.1, 0.15) is 0 Å². The molecule has 1 aliphatic heterocycles. The van der Waals surface area contributed by atoms with Crippen molar-refractivity contribution in [2.24, 2.45) is 0 Å². The number of hydrogen-bond acceptors (Lipinski definition) is 4. The second-order valence-corrected chi connectivity index (χ2v) is 10.0. The molecule has 0 radical (unpaired) electrons. The third-order valence-corrected chi connectivity index (χ3v) is 7.50. The lowest BCUT2D eigenvalue weighted by Gasteiger charge is -2.33. The fourth-order valence-corrected chi connectivity index (χ4v) is 5.33. The van der Waals surface area contributed by atoms with Crippen molar-refractivity contribution in [2.45, 2.75) is 41.9 Å². The molecule has 0 aliphatic carbocycles. The minimum atomic E-state index is -0.826. The number of nitrogens with zero attached hydrogens (tertiary/aromatic N) is 1. The first-order chi connectivity index (χ1) is 16.9. The monoisotopic (exact) mass is 496 g/mol. The van der Waals surface area contributed by atoms with E-state index in [1.165, 1.54) is 41.6 Å². The van der Waals surface area contributed by atoms with E-state index in [0.717, 1.165) is 55.5 Å². The Morgan fingerprint density at radius 2 is 1.71 bits per heavy atom. The lowest BCUT2D eigenvalue weighted by molar-refractivity contribution is 0.187. The van der Waals surface area contributed by atoms with E-state index in [9.17, 15) is 13.6 Å². The number of benzene rings is 3. The molecule has 0 bridgehead atoms. The number of rotatable bonds is 7. The Morgan fingerprint density at radius 1 is 1.00 bits per heavy atom. The Labute approximate surface area is 209 Å². The van der Waals surface area contributed by atoms with Crippen molar-refractivity contribution in [3.05, 3.63) is 89.0 Å². The average molecular weight is 497 g/mol. The number of amides is 1. The number of hydrogen-bond donors (Lipinski definition) is 1.